The van der Waals surface area contributed by atoms with Crippen LogP contribution in [0.4, 0.5) is 5.69 Å². The van der Waals surface area contributed by atoms with Crippen molar-refractivity contribution < 1.29 is 33.3 Å². The minimum Gasteiger partial charge on any atom is -0.493 e. The molecule has 0 atom stereocenters. The topological polar surface area (TPSA) is 128 Å². The number of nitrogens with one attached hydrogen (secondary N) is 2. The lowest BCUT2D eigenvalue weighted by atomic mass is 10.1. The number of ether oxygens (including phenoxy) is 4. The zero-order chi connectivity index (χ0) is 33.1. The number of amides is 2. The van der Waals surface area contributed by atoms with Crippen LogP contribution < -0.4 is 34.6 Å². The van der Waals surface area contributed by atoms with Crippen molar-refractivity contribution in [2.24, 2.45) is 5.10 Å². The number of esters is 1. The highest BCUT2D eigenvalue weighted by Crippen LogP contribution is 2.38. The molecule has 0 aliphatic heterocycles. The highest BCUT2D eigenvalue weighted by molar-refractivity contribution is 6.05. The summed E-state index contributed by atoms with van der Waals surface area (Å²) < 4.78 is 21.5. The van der Waals surface area contributed by atoms with E-state index in [2.05, 4.69) is 15.8 Å². The monoisotopic (exact) mass is 622 g/mol. The lowest BCUT2D eigenvalue weighted by Crippen LogP contribution is -2.32. The number of nitrogens with zero attached hydrogens (tertiary/aromatic N) is 2. The zero-order valence-electron chi connectivity index (χ0n) is 26.1. The lowest BCUT2D eigenvalue weighted by molar-refractivity contribution is -0.117. The van der Waals surface area contributed by atoms with Crippen LogP contribution in [0.3, 0.4) is 0 Å². The number of carbonyl (C=O) groups is 3. The third kappa shape index (κ3) is 8.50. The van der Waals surface area contributed by atoms with Crippen molar-refractivity contribution in [3.63, 3.8) is 0 Å². The summed E-state index contributed by atoms with van der Waals surface area (Å²) in [5.41, 5.74) is 5.25. The minimum absolute atomic E-state index is 0.00312. The average Bonchev–Trinajstić information content (AvgIpc) is 3.07. The van der Waals surface area contributed by atoms with Crippen LogP contribution in [0.15, 0.2) is 102 Å². The molecule has 0 saturated carbocycles. The van der Waals surface area contributed by atoms with Crippen LogP contribution in [0, 0.1) is 0 Å². The zero-order valence-corrected chi connectivity index (χ0v) is 26.1. The number of rotatable bonds is 12. The van der Waals surface area contributed by atoms with Gasteiger partial charge in [-0.2, -0.15) is 5.10 Å². The van der Waals surface area contributed by atoms with E-state index in [1.807, 2.05) is 43.3 Å². The Balaban J connectivity index is 1.49. The first-order valence-corrected chi connectivity index (χ1v) is 14.0. The van der Waals surface area contributed by atoms with Gasteiger partial charge in [-0.3, -0.25) is 9.59 Å². The molecular formula is C35H34N4O7. The van der Waals surface area contributed by atoms with Gasteiger partial charge in [-0.05, 0) is 65.7 Å². The van der Waals surface area contributed by atoms with E-state index in [1.165, 1.54) is 39.7 Å². The number of hydrazone groups is 1. The van der Waals surface area contributed by atoms with Crippen molar-refractivity contribution in [1.82, 2.24) is 10.7 Å². The van der Waals surface area contributed by atoms with Gasteiger partial charge in [-0.15, -0.1) is 0 Å². The van der Waals surface area contributed by atoms with Gasteiger partial charge in [0, 0.05) is 25.3 Å². The number of carbonyl (C=O) groups excluding carboxylic acids is 3. The Morgan fingerprint density at radius 2 is 1.41 bits per heavy atom. The van der Waals surface area contributed by atoms with Crippen molar-refractivity contribution in [2.75, 3.05) is 40.3 Å². The van der Waals surface area contributed by atoms with Gasteiger partial charge in [0.2, 0.25) is 5.75 Å². The molecule has 0 unspecified atom stereocenters. The third-order valence-corrected chi connectivity index (χ3v) is 6.60. The first-order valence-electron chi connectivity index (χ1n) is 14.0. The van der Waals surface area contributed by atoms with Gasteiger partial charge in [0.15, 0.2) is 11.5 Å². The second kappa shape index (κ2) is 15.6. The maximum atomic E-state index is 13.2. The van der Waals surface area contributed by atoms with Gasteiger partial charge >= 0.3 is 5.97 Å². The van der Waals surface area contributed by atoms with Gasteiger partial charge in [-0.1, -0.05) is 42.5 Å². The summed E-state index contributed by atoms with van der Waals surface area (Å²) in [6.07, 6.45) is 2.95. The van der Waals surface area contributed by atoms with Crippen LogP contribution in [0.5, 0.6) is 23.0 Å². The fourth-order valence-electron chi connectivity index (χ4n) is 4.23. The Kier molecular flexibility index (Phi) is 11.1. The Morgan fingerprint density at radius 3 is 2.02 bits per heavy atom. The Bertz CT molecular complexity index is 1730. The summed E-state index contributed by atoms with van der Waals surface area (Å²) in [5.74, 6) is -0.523. The number of anilines is 1. The van der Waals surface area contributed by atoms with Crippen molar-refractivity contribution in [3.8, 4) is 23.0 Å². The predicted molar refractivity (Wildman–Crippen MR) is 176 cm³/mol. The molecular weight excluding hydrogens is 588 g/mol. The molecule has 11 heteroatoms. The summed E-state index contributed by atoms with van der Waals surface area (Å²) in [6, 6.07) is 25.6. The highest BCUT2D eigenvalue weighted by Gasteiger charge is 2.19. The van der Waals surface area contributed by atoms with E-state index < -0.39 is 17.8 Å². The van der Waals surface area contributed by atoms with Crippen LogP contribution in [-0.4, -0.2) is 59.4 Å². The molecule has 4 aromatic rings. The molecule has 0 aromatic heterocycles. The van der Waals surface area contributed by atoms with Crippen LogP contribution >= 0.6 is 0 Å². The van der Waals surface area contributed by atoms with Crippen LogP contribution in [-0.2, 0) is 4.79 Å². The number of benzene rings is 4. The molecule has 4 aromatic carbocycles. The summed E-state index contributed by atoms with van der Waals surface area (Å²) in [6.45, 7) is 0. The molecule has 236 valence electrons. The quantitative estimate of drug-likeness (QED) is 0.0750. The van der Waals surface area contributed by atoms with E-state index in [9.17, 15) is 14.4 Å². The molecule has 0 aliphatic carbocycles. The number of hydrogen-bond acceptors (Lipinski definition) is 9. The Morgan fingerprint density at radius 1 is 0.739 bits per heavy atom. The molecule has 2 amide bonds. The molecule has 4 rings (SSSR count). The van der Waals surface area contributed by atoms with E-state index in [1.54, 1.807) is 60.7 Å². The molecule has 11 nitrogen and oxygen atoms in total. The van der Waals surface area contributed by atoms with Crippen molar-refractivity contribution >= 4 is 35.8 Å². The maximum Gasteiger partial charge on any atom is 0.343 e. The largest absolute Gasteiger partial charge is 0.493 e. The maximum absolute atomic E-state index is 13.2. The van der Waals surface area contributed by atoms with E-state index in [4.69, 9.17) is 18.9 Å². The first kappa shape index (κ1) is 32.8. The van der Waals surface area contributed by atoms with Crippen LogP contribution in [0.25, 0.3) is 6.08 Å². The molecule has 2 N–H and O–H groups in total. The highest BCUT2D eigenvalue weighted by atomic mass is 16.5. The summed E-state index contributed by atoms with van der Waals surface area (Å²) in [5, 5.41) is 6.73. The molecule has 0 saturated heterocycles. The van der Waals surface area contributed by atoms with Gasteiger partial charge < -0.3 is 29.2 Å². The molecule has 0 aliphatic rings. The van der Waals surface area contributed by atoms with Gasteiger partial charge in [0.05, 0.1) is 33.1 Å². The summed E-state index contributed by atoms with van der Waals surface area (Å²) >= 11 is 0. The lowest BCUT2D eigenvalue weighted by Gasteiger charge is -2.13. The van der Waals surface area contributed by atoms with Gasteiger partial charge in [0.25, 0.3) is 11.8 Å². The third-order valence-electron chi connectivity index (χ3n) is 6.60. The van der Waals surface area contributed by atoms with E-state index in [-0.39, 0.29) is 17.0 Å². The predicted octanol–water partition coefficient (Wildman–Crippen LogP) is 4.92. The summed E-state index contributed by atoms with van der Waals surface area (Å²) in [4.78, 5) is 40.9. The molecule has 46 heavy (non-hydrogen) atoms. The first-order chi connectivity index (χ1) is 22.2. The summed E-state index contributed by atoms with van der Waals surface area (Å²) in [7, 11) is 8.23. The van der Waals surface area contributed by atoms with Crippen molar-refractivity contribution in [3.05, 3.63) is 119 Å². The second-order valence-electron chi connectivity index (χ2n) is 9.94. The SMILES string of the molecule is COc1cc(C(=O)Oc2cccc(/C=N/NC(=O)/C(=C/c3ccc(N(C)C)cc3)NC(=O)c3ccccc3)c2)cc(OC)c1OC. The van der Waals surface area contributed by atoms with E-state index in [0.29, 0.717) is 33.9 Å². The average molecular weight is 623 g/mol. The molecule has 0 spiro atoms. The minimum atomic E-state index is -0.649. The molecule has 0 radical (unpaired) electrons. The fraction of sp³-hybridized carbons (Fsp3) is 0.143. The smallest absolute Gasteiger partial charge is 0.343 e. The normalized spacial score (nSPS) is 11.0. The van der Waals surface area contributed by atoms with E-state index in [0.717, 1.165) is 5.69 Å². The molecule has 0 heterocycles. The molecule has 0 fully saturated rings. The number of hydrogen-bond donors (Lipinski definition) is 2. The van der Waals surface area contributed by atoms with Gasteiger partial charge in [0.1, 0.15) is 11.4 Å². The second-order valence-corrected chi connectivity index (χ2v) is 9.94. The van der Waals surface area contributed by atoms with Crippen LogP contribution in [0.1, 0.15) is 31.8 Å². The van der Waals surface area contributed by atoms with Gasteiger partial charge in [-0.25, -0.2) is 10.2 Å². The van der Waals surface area contributed by atoms with Crippen LogP contribution in [0.2, 0.25) is 0 Å². The number of methoxy groups -OCH3 is 3. The van der Waals surface area contributed by atoms with Crippen molar-refractivity contribution in [2.45, 2.75) is 0 Å². The molecule has 0 bridgehead atoms. The standard InChI is InChI=1S/C35H34N4O7/c1-39(2)27-16-14-23(15-17-27)19-29(37-33(40)25-11-7-6-8-12-25)34(41)38-36-22-24-10-9-13-28(18-24)46-35(42)26-20-30(43-3)32(45-5)31(21-26)44-4/h6-22H,1-5H3,(H,37,40)(H,38,41)/b29-19-,36-22+. The van der Waals surface area contributed by atoms with Crippen molar-refractivity contribution in [1.29, 1.82) is 0 Å². The Labute approximate surface area is 267 Å². The Hall–Kier alpha value is -6.10. The fourth-order valence-corrected chi connectivity index (χ4v) is 4.23. The van der Waals surface area contributed by atoms with E-state index >= 15 is 0 Å².